The predicted octanol–water partition coefficient (Wildman–Crippen LogP) is 1.90. The van der Waals surface area contributed by atoms with E-state index in [1.54, 1.807) is 12.1 Å². The number of para-hydroxylation sites is 1. The molecule has 3 rings (SSSR count). The smallest absolute Gasteiger partial charge is 0.341 e. The Kier molecular flexibility index (Phi) is 7.19. The molecule has 1 atom stereocenters. The van der Waals surface area contributed by atoms with E-state index in [1.165, 1.54) is 23.4 Å². The van der Waals surface area contributed by atoms with Gasteiger partial charge in [-0.15, -0.1) is 0 Å². The molecule has 1 saturated heterocycles. The van der Waals surface area contributed by atoms with Crippen LogP contribution in [-0.4, -0.2) is 57.0 Å². The SMILES string of the molecule is CC(OC(=O)c1cc(S(=O)(=O)N2CCOCC2)ccc1F)C(=O)Nc1ccccc1C#N. The zero-order valence-electron chi connectivity index (χ0n) is 17.1. The summed E-state index contributed by atoms with van der Waals surface area (Å²) in [6.07, 6.45) is -1.34. The zero-order valence-corrected chi connectivity index (χ0v) is 17.9. The number of hydrogen-bond donors (Lipinski definition) is 1. The normalized spacial score (nSPS) is 15.4. The van der Waals surface area contributed by atoms with Crippen LogP contribution in [0.3, 0.4) is 0 Å². The molecule has 2 aromatic rings. The number of ether oxygens (including phenoxy) is 2. The predicted molar refractivity (Wildman–Crippen MR) is 111 cm³/mol. The van der Waals surface area contributed by atoms with Crippen molar-refractivity contribution in [3.8, 4) is 6.07 Å². The fraction of sp³-hybridized carbons (Fsp3) is 0.286. The highest BCUT2D eigenvalue weighted by Gasteiger charge is 2.29. The first-order valence-electron chi connectivity index (χ1n) is 9.62. The Morgan fingerprint density at radius 2 is 1.91 bits per heavy atom. The van der Waals surface area contributed by atoms with Crippen molar-refractivity contribution in [1.29, 1.82) is 5.26 Å². The average Bonchev–Trinajstić information content (AvgIpc) is 2.80. The molecule has 1 amide bonds. The van der Waals surface area contributed by atoms with Crippen molar-refractivity contribution in [2.24, 2.45) is 0 Å². The van der Waals surface area contributed by atoms with E-state index in [0.29, 0.717) is 0 Å². The van der Waals surface area contributed by atoms with E-state index < -0.39 is 39.4 Å². The number of nitriles is 1. The molecule has 0 bridgehead atoms. The lowest BCUT2D eigenvalue weighted by atomic mass is 10.2. The number of rotatable bonds is 6. The fourth-order valence-corrected chi connectivity index (χ4v) is 4.39. The average molecular weight is 461 g/mol. The molecule has 0 aromatic heterocycles. The molecule has 2 aromatic carbocycles. The maximum absolute atomic E-state index is 14.3. The third-order valence-corrected chi connectivity index (χ3v) is 6.62. The summed E-state index contributed by atoms with van der Waals surface area (Å²) < 4.78 is 51.2. The second-order valence-corrected chi connectivity index (χ2v) is 8.79. The van der Waals surface area contributed by atoms with Crippen molar-refractivity contribution in [1.82, 2.24) is 4.31 Å². The summed E-state index contributed by atoms with van der Waals surface area (Å²) in [7, 11) is -3.96. The molecule has 11 heteroatoms. The molecule has 0 spiro atoms. The standard InChI is InChI=1S/C21H20FN3O6S/c1-14(20(26)24-19-5-3-2-4-15(19)13-23)31-21(27)17-12-16(6-7-18(17)22)32(28,29)25-8-10-30-11-9-25/h2-7,12,14H,8-11H2,1H3,(H,24,26). The summed E-state index contributed by atoms with van der Waals surface area (Å²) in [6, 6.07) is 11.0. The van der Waals surface area contributed by atoms with E-state index in [2.05, 4.69) is 5.32 Å². The number of carbonyl (C=O) groups is 2. The third kappa shape index (κ3) is 5.11. The summed E-state index contributed by atoms with van der Waals surface area (Å²) in [5, 5.41) is 11.6. The molecule has 1 aliphatic heterocycles. The second kappa shape index (κ2) is 9.86. The maximum atomic E-state index is 14.3. The number of sulfonamides is 1. The molecule has 0 radical (unpaired) electrons. The lowest BCUT2D eigenvalue weighted by molar-refractivity contribution is -0.123. The van der Waals surface area contributed by atoms with Crippen LogP contribution in [0.25, 0.3) is 0 Å². The number of benzene rings is 2. The summed E-state index contributed by atoms with van der Waals surface area (Å²) in [5.41, 5.74) is -0.171. The number of hydrogen-bond acceptors (Lipinski definition) is 7. The summed E-state index contributed by atoms with van der Waals surface area (Å²) in [5.74, 6) is -2.92. The lowest BCUT2D eigenvalue weighted by Gasteiger charge is -2.26. The number of nitrogens with one attached hydrogen (secondary N) is 1. The molecule has 1 fully saturated rings. The van der Waals surface area contributed by atoms with Crippen LogP contribution in [0.1, 0.15) is 22.8 Å². The Hall–Kier alpha value is -3.33. The molecule has 0 saturated carbocycles. The molecule has 1 heterocycles. The van der Waals surface area contributed by atoms with Crippen LogP contribution in [0.4, 0.5) is 10.1 Å². The molecule has 32 heavy (non-hydrogen) atoms. The van der Waals surface area contributed by atoms with Crippen LogP contribution in [0.2, 0.25) is 0 Å². The van der Waals surface area contributed by atoms with E-state index in [4.69, 9.17) is 14.7 Å². The number of carbonyl (C=O) groups excluding carboxylic acids is 2. The number of morpholine rings is 1. The van der Waals surface area contributed by atoms with Crippen molar-refractivity contribution in [3.05, 3.63) is 59.4 Å². The van der Waals surface area contributed by atoms with Gasteiger partial charge in [0.15, 0.2) is 6.10 Å². The minimum Gasteiger partial charge on any atom is -0.449 e. The van der Waals surface area contributed by atoms with Gasteiger partial charge in [-0.1, -0.05) is 12.1 Å². The van der Waals surface area contributed by atoms with E-state index >= 15 is 0 Å². The van der Waals surface area contributed by atoms with Crippen molar-refractivity contribution >= 4 is 27.6 Å². The Balaban J connectivity index is 1.75. The first-order chi connectivity index (χ1) is 15.2. The van der Waals surface area contributed by atoms with E-state index in [9.17, 15) is 22.4 Å². The Morgan fingerprint density at radius 3 is 2.59 bits per heavy atom. The summed E-state index contributed by atoms with van der Waals surface area (Å²) in [6.45, 7) is 2.02. The van der Waals surface area contributed by atoms with Crippen LogP contribution >= 0.6 is 0 Å². The van der Waals surface area contributed by atoms with Crippen LogP contribution in [0.5, 0.6) is 0 Å². The van der Waals surface area contributed by atoms with Crippen LogP contribution < -0.4 is 5.32 Å². The van der Waals surface area contributed by atoms with Crippen LogP contribution in [0.15, 0.2) is 47.4 Å². The first-order valence-corrected chi connectivity index (χ1v) is 11.1. The number of nitrogens with zero attached hydrogens (tertiary/aromatic N) is 2. The van der Waals surface area contributed by atoms with Crippen molar-refractivity contribution in [2.75, 3.05) is 31.6 Å². The topological polar surface area (TPSA) is 126 Å². The first kappa shape index (κ1) is 23.3. The van der Waals surface area contributed by atoms with Gasteiger partial charge in [0, 0.05) is 13.1 Å². The lowest BCUT2D eigenvalue weighted by Crippen LogP contribution is -2.40. The maximum Gasteiger partial charge on any atom is 0.341 e. The molecule has 1 unspecified atom stereocenters. The molecule has 9 nitrogen and oxygen atoms in total. The van der Waals surface area contributed by atoms with Gasteiger partial charge in [-0.3, -0.25) is 4.79 Å². The van der Waals surface area contributed by atoms with Crippen LogP contribution in [0, 0.1) is 17.1 Å². The van der Waals surface area contributed by atoms with Gasteiger partial charge in [0.1, 0.15) is 11.9 Å². The quantitative estimate of drug-likeness (QED) is 0.651. The fourth-order valence-electron chi connectivity index (χ4n) is 2.96. The number of amides is 1. The van der Waals surface area contributed by atoms with Gasteiger partial charge in [0.05, 0.1) is 34.9 Å². The third-order valence-electron chi connectivity index (χ3n) is 4.72. The number of anilines is 1. The highest BCUT2D eigenvalue weighted by Crippen LogP contribution is 2.21. The molecule has 168 valence electrons. The Morgan fingerprint density at radius 1 is 1.22 bits per heavy atom. The monoisotopic (exact) mass is 461 g/mol. The van der Waals surface area contributed by atoms with Crippen molar-refractivity contribution < 1.29 is 31.9 Å². The van der Waals surface area contributed by atoms with Gasteiger partial charge in [-0.2, -0.15) is 9.57 Å². The minimum atomic E-state index is -3.96. The molecule has 1 N–H and O–H groups in total. The van der Waals surface area contributed by atoms with Crippen molar-refractivity contribution in [2.45, 2.75) is 17.9 Å². The number of esters is 1. The number of halogens is 1. The van der Waals surface area contributed by atoms with Crippen LogP contribution in [-0.2, 0) is 24.3 Å². The van der Waals surface area contributed by atoms with Gasteiger partial charge < -0.3 is 14.8 Å². The largest absolute Gasteiger partial charge is 0.449 e. The highest BCUT2D eigenvalue weighted by atomic mass is 32.2. The van der Waals surface area contributed by atoms with E-state index in [0.717, 1.165) is 18.2 Å². The molecule has 0 aliphatic carbocycles. The van der Waals surface area contributed by atoms with Gasteiger partial charge in [-0.25, -0.2) is 17.6 Å². The Bertz CT molecular complexity index is 1170. The van der Waals surface area contributed by atoms with Gasteiger partial charge in [0.25, 0.3) is 5.91 Å². The second-order valence-electron chi connectivity index (χ2n) is 6.85. The molecule has 1 aliphatic rings. The molecular weight excluding hydrogens is 441 g/mol. The van der Waals surface area contributed by atoms with E-state index in [-0.39, 0.29) is 42.4 Å². The highest BCUT2D eigenvalue weighted by molar-refractivity contribution is 7.89. The van der Waals surface area contributed by atoms with Gasteiger partial charge in [0.2, 0.25) is 10.0 Å². The molecular formula is C21H20FN3O6S. The van der Waals surface area contributed by atoms with Gasteiger partial charge >= 0.3 is 5.97 Å². The summed E-state index contributed by atoms with van der Waals surface area (Å²) >= 11 is 0. The summed E-state index contributed by atoms with van der Waals surface area (Å²) in [4.78, 5) is 24.6. The zero-order chi connectivity index (χ0) is 23.3. The minimum absolute atomic E-state index is 0.140. The Labute approximate surface area is 184 Å². The van der Waals surface area contributed by atoms with E-state index in [1.807, 2.05) is 6.07 Å². The van der Waals surface area contributed by atoms with Crippen molar-refractivity contribution in [3.63, 3.8) is 0 Å². The van der Waals surface area contributed by atoms with Gasteiger partial charge in [-0.05, 0) is 37.3 Å².